The van der Waals surface area contributed by atoms with Crippen molar-refractivity contribution in [3.8, 4) is 0 Å². The molecule has 0 unspecified atom stereocenters. The lowest BCUT2D eigenvalue weighted by atomic mass is 10.1. The third-order valence-corrected chi connectivity index (χ3v) is 4.43. The molecule has 25 heavy (non-hydrogen) atoms. The topological polar surface area (TPSA) is 38.3 Å². The Labute approximate surface area is 157 Å². The van der Waals surface area contributed by atoms with Gasteiger partial charge in [-0.1, -0.05) is 77.4 Å². The summed E-state index contributed by atoms with van der Waals surface area (Å²) in [5.41, 5.74) is 0. The van der Waals surface area contributed by atoms with Gasteiger partial charge in [-0.15, -0.1) is 0 Å². The first-order valence-electron chi connectivity index (χ1n) is 10.8. The molecular formula is C22H43NO2. The SMILES string of the molecule is CCCCCCCCC=CCCCCCCCC(=O)OCCNCC. The summed E-state index contributed by atoms with van der Waals surface area (Å²) in [5.74, 6) is -0.0458. The van der Waals surface area contributed by atoms with E-state index in [4.69, 9.17) is 4.74 Å². The summed E-state index contributed by atoms with van der Waals surface area (Å²) < 4.78 is 5.15. The van der Waals surface area contributed by atoms with Crippen molar-refractivity contribution in [2.24, 2.45) is 0 Å². The van der Waals surface area contributed by atoms with E-state index >= 15 is 0 Å². The van der Waals surface area contributed by atoms with Crippen LogP contribution in [0.15, 0.2) is 12.2 Å². The molecule has 3 heteroatoms. The first-order chi connectivity index (χ1) is 12.3. The van der Waals surface area contributed by atoms with Crippen LogP contribution < -0.4 is 5.32 Å². The van der Waals surface area contributed by atoms with Crippen molar-refractivity contribution in [3.63, 3.8) is 0 Å². The molecule has 0 aliphatic rings. The molecule has 0 aromatic rings. The summed E-state index contributed by atoms with van der Waals surface area (Å²) in [6, 6.07) is 0. The Morgan fingerprint density at radius 3 is 1.96 bits per heavy atom. The van der Waals surface area contributed by atoms with Crippen molar-refractivity contribution in [1.82, 2.24) is 5.32 Å². The maximum Gasteiger partial charge on any atom is 0.305 e. The van der Waals surface area contributed by atoms with Gasteiger partial charge in [-0.05, 0) is 38.6 Å². The van der Waals surface area contributed by atoms with Crippen LogP contribution in [-0.2, 0) is 9.53 Å². The number of esters is 1. The summed E-state index contributed by atoms with van der Waals surface area (Å²) in [6.45, 7) is 6.50. The highest BCUT2D eigenvalue weighted by molar-refractivity contribution is 5.69. The fraction of sp³-hybridized carbons (Fsp3) is 0.864. The lowest BCUT2D eigenvalue weighted by Crippen LogP contribution is -2.20. The van der Waals surface area contributed by atoms with Crippen molar-refractivity contribution in [2.75, 3.05) is 19.7 Å². The molecule has 0 rings (SSSR count). The molecule has 0 bridgehead atoms. The smallest absolute Gasteiger partial charge is 0.305 e. The molecule has 0 aromatic carbocycles. The standard InChI is InChI=1S/C22H43NO2/c1-3-5-6-7-8-9-10-11-12-13-14-15-16-17-18-19-22(24)25-21-20-23-4-2/h11-12,23H,3-10,13-21H2,1-2H3. The lowest BCUT2D eigenvalue weighted by molar-refractivity contribution is -0.143. The second-order valence-corrected chi connectivity index (χ2v) is 6.91. The third-order valence-electron chi connectivity index (χ3n) is 4.43. The average Bonchev–Trinajstić information content (AvgIpc) is 2.62. The summed E-state index contributed by atoms with van der Waals surface area (Å²) in [6.07, 6.45) is 21.9. The van der Waals surface area contributed by atoms with Crippen LogP contribution in [-0.4, -0.2) is 25.7 Å². The van der Waals surface area contributed by atoms with Crippen LogP contribution in [0.3, 0.4) is 0 Å². The van der Waals surface area contributed by atoms with Crippen LogP contribution in [0.4, 0.5) is 0 Å². The van der Waals surface area contributed by atoms with Gasteiger partial charge in [0, 0.05) is 13.0 Å². The molecule has 0 spiro atoms. The number of hydrogen-bond donors (Lipinski definition) is 1. The minimum absolute atomic E-state index is 0.0458. The quantitative estimate of drug-likeness (QED) is 0.171. The summed E-state index contributed by atoms with van der Waals surface area (Å²) >= 11 is 0. The fourth-order valence-corrected chi connectivity index (χ4v) is 2.83. The molecule has 148 valence electrons. The molecule has 3 nitrogen and oxygen atoms in total. The number of nitrogens with one attached hydrogen (secondary N) is 1. The number of carbonyl (C=O) groups excluding carboxylic acids is 1. The second kappa shape index (κ2) is 21.2. The van der Waals surface area contributed by atoms with E-state index in [0.29, 0.717) is 13.0 Å². The highest BCUT2D eigenvalue weighted by Crippen LogP contribution is 2.10. The monoisotopic (exact) mass is 353 g/mol. The van der Waals surface area contributed by atoms with E-state index in [0.717, 1.165) is 25.9 Å². The summed E-state index contributed by atoms with van der Waals surface area (Å²) in [4.78, 5) is 11.5. The van der Waals surface area contributed by atoms with Crippen molar-refractivity contribution >= 4 is 5.97 Å². The minimum atomic E-state index is -0.0458. The van der Waals surface area contributed by atoms with E-state index in [1.54, 1.807) is 0 Å². The zero-order chi connectivity index (χ0) is 18.4. The Balaban J connectivity index is 3.17. The van der Waals surface area contributed by atoms with E-state index in [2.05, 4.69) is 24.4 Å². The Bertz CT molecular complexity index is 302. The van der Waals surface area contributed by atoms with Gasteiger partial charge in [0.15, 0.2) is 0 Å². The van der Waals surface area contributed by atoms with Crippen LogP contribution >= 0.6 is 0 Å². The molecule has 0 saturated carbocycles. The van der Waals surface area contributed by atoms with Crippen molar-refractivity contribution < 1.29 is 9.53 Å². The Hall–Kier alpha value is -0.830. The van der Waals surface area contributed by atoms with Gasteiger partial charge in [-0.2, -0.15) is 0 Å². The molecule has 1 N–H and O–H groups in total. The Kier molecular flexibility index (Phi) is 20.5. The molecule has 0 heterocycles. The van der Waals surface area contributed by atoms with E-state index < -0.39 is 0 Å². The molecule has 0 saturated heterocycles. The van der Waals surface area contributed by atoms with Gasteiger partial charge in [-0.3, -0.25) is 4.79 Å². The van der Waals surface area contributed by atoms with Crippen molar-refractivity contribution in [2.45, 2.75) is 104 Å². The predicted octanol–water partition coefficient (Wildman–Crippen LogP) is 6.18. The van der Waals surface area contributed by atoms with Gasteiger partial charge in [0.05, 0.1) is 0 Å². The van der Waals surface area contributed by atoms with Crippen LogP contribution in [0.2, 0.25) is 0 Å². The number of allylic oxidation sites excluding steroid dienone is 2. The molecule has 0 aliphatic carbocycles. The average molecular weight is 354 g/mol. The fourth-order valence-electron chi connectivity index (χ4n) is 2.83. The summed E-state index contributed by atoms with van der Waals surface area (Å²) in [5, 5.41) is 3.14. The van der Waals surface area contributed by atoms with Gasteiger partial charge in [-0.25, -0.2) is 0 Å². The normalized spacial score (nSPS) is 11.3. The van der Waals surface area contributed by atoms with Gasteiger partial charge in [0.25, 0.3) is 0 Å². The lowest BCUT2D eigenvalue weighted by Gasteiger charge is -2.05. The van der Waals surface area contributed by atoms with E-state index in [1.807, 2.05) is 6.92 Å². The van der Waals surface area contributed by atoms with Crippen LogP contribution in [0, 0.1) is 0 Å². The summed E-state index contributed by atoms with van der Waals surface area (Å²) in [7, 11) is 0. The second-order valence-electron chi connectivity index (χ2n) is 6.91. The molecule has 0 amide bonds. The predicted molar refractivity (Wildman–Crippen MR) is 109 cm³/mol. The van der Waals surface area contributed by atoms with Gasteiger partial charge >= 0.3 is 5.97 Å². The van der Waals surface area contributed by atoms with Crippen molar-refractivity contribution in [1.29, 1.82) is 0 Å². The maximum absolute atomic E-state index is 11.5. The number of hydrogen-bond acceptors (Lipinski definition) is 3. The molecular weight excluding hydrogens is 310 g/mol. The van der Waals surface area contributed by atoms with E-state index in [-0.39, 0.29) is 5.97 Å². The zero-order valence-electron chi connectivity index (χ0n) is 17.0. The Morgan fingerprint density at radius 2 is 1.36 bits per heavy atom. The molecule has 0 aliphatic heterocycles. The van der Waals surface area contributed by atoms with Gasteiger partial charge in [0.1, 0.15) is 6.61 Å². The number of ether oxygens (including phenoxy) is 1. The highest BCUT2D eigenvalue weighted by Gasteiger charge is 2.01. The first-order valence-corrected chi connectivity index (χ1v) is 10.8. The first kappa shape index (κ1) is 24.2. The van der Waals surface area contributed by atoms with Crippen molar-refractivity contribution in [3.05, 3.63) is 12.2 Å². The molecule has 0 radical (unpaired) electrons. The van der Waals surface area contributed by atoms with Gasteiger partial charge < -0.3 is 10.1 Å². The highest BCUT2D eigenvalue weighted by atomic mass is 16.5. The molecule has 0 aromatic heterocycles. The van der Waals surface area contributed by atoms with Crippen LogP contribution in [0.25, 0.3) is 0 Å². The Morgan fingerprint density at radius 1 is 0.800 bits per heavy atom. The molecule has 0 fully saturated rings. The minimum Gasteiger partial charge on any atom is -0.464 e. The number of carbonyl (C=O) groups is 1. The third kappa shape index (κ3) is 21.1. The number of unbranched alkanes of at least 4 members (excludes halogenated alkanes) is 11. The zero-order valence-corrected chi connectivity index (χ0v) is 17.0. The maximum atomic E-state index is 11.5. The van der Waals surface area contributed by atoms with E-state index in [1.165, 1.54) is 70.6 Å². The number of rotatable bonds is 19. The number of likely N-dealkylation sites (N-methyl/N-ethyl adjacent to an activating group) is 1. The largest absolute Gasteiger partial charge is 0.464 e. The van der Waals surface area contributed by atoms with E-state index in [9.17, 15) is 4.79 Å². The van der Waals surface area contributed by atoms with Crippen LogP contribution in [0.1, 0.15) is 104 Å². The van der Waals surface area contributed by atoms with Crippen LogP contribution in [0.5, 0.6) is 0 Å². The van der Waals surface area contributed by atoms with Gasteiger partial charge in [0.2, 0.25) is 0 Å². The molecule has 0 atom stereocenters.